The molecular weight excluding hydrogens is 262 g/mol. The molecule has 0 radical (unpaired) electrons. The minimum Gasteiger partial charge on any atom is -0.340 e. The summed E-state index contributed by atoms with van der Waals surface area (Å²) < 4.78 is 24.7. The lowest BCUT2D eigenvalue weighted by Crippen LogP contribution is -2.54. The topological polar surface area (TPSA) is 32.3 Å². The van der Waals surface area contributed by atoms with Crippen molar-refractivity contribution in [1.82, 2.24) is 10.2 Å². The Morgan fingerprint density at radius 1 is 1.35 bits per heavy atom. The van der Waals surface area contributed by atoms with Gasteiger partial charge < -0.3 is 10.2 Å². The van der Waals surface area contributed by atoms with E-state index in [9.17, 15) is 13.6 Å². The Morgan fingerprint density at radius 2 is 2.00 bits per heavy atom. The first-order valence-electron chi connectivity index (χ1n) is 7.55. The van der Waals surface area contributed by atoms with Gasteiger partial charge in [0.1, 0.15) is 0 Å². The number of rotatable bonds is 5. The quantitative estimate of drug-likeness (QED) is 0.844. The number of amides is 1. The molecule has 1 heterocycles. The normalized spacial score (nSPS) is 24.2. The van der Waals surface area contributed by atoms with E-state index in [2.05, 4.69) is 12.2 Å². The van der Waals surface area contributed by atoms with Crippen LogP contribution in [0.1, 0.15) is 47.0 Å². The smallest absolute Gasteiger partial charge is 0.250 e. The van der Waals surface area contributed by atoms with Crippen LogP contribution >= 0.6 is 0 Å². The van der Waals surface area contributed by atoms with Gasteiger partial charge in [0.15, 0.2) is 0 Å². The highest BCUT2D eigenvalue weighted by molar-refractivity contribution is 5.81. The van der Waals surface area contributed by atoms with E-state index in [-0.39, 0.29) is 18.5 Å². The highest BCUT2D eigenvalue weighted by Crippen LogP contribution is 2.26. The first-order chi connectivity index (χ1) is 9.24. The van der Waals surface area contributed by atoms with E-state index in [4.69, 9.17) is 0 Å². The summed E-state index contributed by atoms with van der Waals surface area (Å²) >= 11 is 0. The van der Waals surface area contributed by atoms with E-state index in [1.54, 1.807) is 0 Å². The summed E-state index contributed by atoms with van der Waals surface area (Å²) in [6, 6.07) is -0.0133. The molecule has 2 unspecified atom stereocenters. The third-order valence-corrected chi connectivity index (χ3v) is 3.72. The number of nitrogens with zero attached hydrogens (tertiary/aromatic N) is 1. The van der Waals surface area contributed by atoms with Crippen LogP contribution in [-0.2, 0) is 4.79 Å². The molecular formula is C15H28F2N2O. The van der Waals surface area contributed by atoms with Gasteiger partial charge in [-0.1, -0.05) is 34.1 Å². The number of alkyl halides is 2. The zero-order valence-electron chi connectivity index (χ0n) is 13.1. The molecule has 1 aliphatic rings. The number of hydrogen-bond acceptors (Lipinski definition) is 2. The second-order valence-corrected chi connectivity index (χ2v) is 6.85. The molecule has 3 nitrogen and oxygen atoms in total. The van der Waals surface area contributed by atoms with Gasteiger partial charge in [0.25, 0.3) is 6.43 Å². The van der Waals surface area contributed by atoms with Gasteiger partial charge in [-0.15, -0.1) is 0 Å². The zero-order valence-corrected chi connectivity index (χ0v) is 13.1. The summed E-state index contributed by atoms with van der Waals surface area (Å²) in [6.45, 7) is 8.84. The van der Waals surface area contributed by atoms with Gasteiger partial charge in [-0.2, -0.15) is 0 Å². The second kappa shape index (κ2) is 7.34. The maximum Gasteiger partial charge on any atom is 0.250 e. The zero-order chi connectivity index (χ0) is 15.3. The highest BCUT2D eigenvalue weighted by Gasteiger charge is 2.34. The lowest BCUT2D eigenvalue weighted by molar-refractivity contribution is -0.142. The Morgan fingerprint density at radius 3 is 2.50 bits per heavy atom. The molecule has 0 aromatic heterocycles. The first kappa shape index (κ1) is 17.3. The monoisotopic (exact) mass is 290 g/mol. The van der Waals surface area contributed by atoms with Crippen LogP contribution in [0.3, 0.4) is 0 Å². The number of hydrogen-bond donors (Lipinski definition) is 1. The number of carbonyl (C=O) groups excluding carboxylic acids is 1. The minimum atomic E-state index is -2.34. The van der Waals surface area contributed by atoms with Gasteiger partial charge in [-0.05, 0) is 18.8 Å². The van der Waals surface area contributed by atoms with Crippen molar-refractivity contribution in [3.8, 4) is 0 Å². The van der Waals surface area contributed by atoms with Crippen molar-refractivity contribution in [3.05, 3.63) is 0 Å². The van der Waals surface area contributed by atoms with E-state index in [0.29, 0.717) is 12.5 Å². The molecule has 1 rings (SSSR count). The van der Waals surface area contributed by atoms with Gasteiger partial charge in [-0.3, -0.25) is 4.79 Å². The predicted octanol–water partition coefficient (Wildman–Crippen LogP) is 2.90. The van der Waals surface area contributed by atoms with Crippen molar-refractivity contribution < 1.29 is 13.6 Å². The van der Waals surface area contributed by atoms with E-state index < -0.39 is 11.8 Å². The average molecular weight is 290 g/mol. The maximum atomic E-state index is 12.4. The van der Waals surface area contributed by atoms with Gasteiger partial charge in [0, 0.05) is 24.5 Å². The van der Waals surface area contributed by atoms with Crippen LogP contribution in [0.15, 0.2) is 0 Å². The fraction of sp³-hybridized carbons (Fsp3) is 0.933. The van der Waals surface area contributed by atoms with Gasteiger partial charge in [0.05, 0.1) is 6.54 Å². The van der Waals surface area contributed by atoms with Crippen molar-refractivity contribution in [3.63, 3.8) is 0 Å². The molecule has 2 atom stereocenters. The van der Waals surface area contributed by atoms with Crippen LogP contribution in [0.5, 0.6) is 0 Å². The second-order valence-electron chi connectivity index (χ2n) is 6.85. The number of halogens is 2. The minimum absolute atomic E-state index is 0.0133. The molecule has 1 aliphatic heterocycles. The average Bonchev–Trinajstić information content (AvgIpc) is 2.34. The fourth-order valence-corrected chi connectivity index (χ4v) is 2.86. The number of likely N-dealkylation sites (tertiary alicyclic amines) is 1. The van der Waals surface area contributed by atoms with Crippen molar-refractivity contribution in [2.24, 2.45) is 11.3 Å². The molecule has 1 saturated heterocycles. The molecule has 0 spiro atoms. The molecule has 1 fully saturated rings. The summed E-state index contributed by atoms with van der Waals surface area (Å²) in [5.41, 5.74) is -0.415. The van der Waals surface area contributed by atoms with Crippen molar-refractivity contribution in [1.29, 1.82) is 0 Å². The molecule has 0 saturated carbocycles. The highest BCUT2D eigenvalue weighted by atomic mass is 19.3. The predicted molar refractivity (Wildman–Crippen MR) is 76.8 cm³/mol. The van der Waals surface area contributed by atoms with Crippen LogP contribution in [0, 0.1) is 11.3 Å². The number of carbonyl (C=O) groups is 1. The molecule has 118 valence electrons. The van der Waals surface area contributed by atoms with E-state index in [0.717, 1.165) is 25.8 Å². The number of nitrogens with one attached hydrogen (secondary N) is 1. The molecule has 0 bridgehead atoms. The largest absolute Gasteiger partial charge is 0.340 e. The Hall–Kier alpha value is -0.710. The summed E-state index contributed by atoms with van der Waals surface area (Å²) in [5.74, 6) is 0.525. The molecule has 1 amide bonds. The van der Waals surface area contributed by atoms with Crippen LogP contribution in [0.2, 0.25) is 0 Å². The van der Waals surface area contributed by atoms with Gasteiger partial charge >= 0.3 is 0 Å². The third-order valence-electron chi connectivity index (χ3n) is 3.72. The lowest BCUT2D eigenvalue weighted by Gasteiger charge is -2.40. The molecule has 0 aromatic rings. The molecule has 1 N–H and O–H groups in total. The summed E-state index contributed by atoms with van der Waals surface area (Å²) in [4.78, 5) is 14.3. The Balaban J connectivity index is 2.67. The van der Waals surface area contributed by atoms with Crippen molar-refractivity contribution >= 4 is 5.91 Å². The van der Waals surface area contributed by atoms with Crippen LogP contribution in [0.25, 0.3) is 0 Å². The third kappa shape index (κ3) is 5.35. The van der Waals surface area contributed by atoms with Crippen molar-refractivity contribution in [2.75, 3.05) is 19.6 Å². The standard InChI is InChI=1S/C15H28F2N2O/c1-5-6-11-7-12(18-8-13(16)17)10-19(9-11)14(20)15(2,3)4/h11-13,18H,5-10H2,1-4H3. The molecule has 5 heteroatoms. The lowest BCUT2D eigenvalue weighted by atomic mass is 9.87. The fourth-order valence-electron chi connectivity index (χ4n) is 2.86. The van der Waals surface area contributed by atoms with Crippen LogP contribution < -0.4 is 5.32 Å². The van der Waals surface area contributed by atoms with E-state index in [1.165, 1.54) is 0 Å². The maximum absolute atomic E-state index is 12.4. The summed E-state index contributed by atoms with van der Waals surface area (Å²) in [7, 11) is 0. The molecule has 20 heavy (non-hydrogen) atoms. The van der Waals surface area contributed by atoms with Crippen LogP contribution in [0.4, 0.5) is 8.78 Å². The first-order valence-corrected chi connectivity index (χ1v) is 7.55. The van der Waals surface area contributed by atoms with Crippen molar-refractivity contribution in [2.45, 2.75) is 59.4 Å². The van der Waals surface area contributed by atoms with Gasteiger partial charge in [-0.25, -0.2) is 8.78 Å². The summed E-state index contributed by atoms with van der Waals surface area (Å²) in [5, 5.41) is 2.90. The van der Waals surface area contributed by atoms with Crippen LogP contribution in [-0.4, -0.2) is 42.9 Å². The van der Waals surface area contributed by atoms with Gasteiger partial charge in [0.2, 0.25) is 5.91 Å². The summed E-state index contributed by atoms with van der Waals surface area (Å²) in [6.07, 6.45) is 0.646. The Kier molecular flexibility index (Phi) is 6.37. The van der Waals surface area contributed by atoms with E-state index >= 15 is 0 Å². The Bertz CT molecular complexity index is 315. The SMILES string of the molecule is CCCC1CC(NCC(F)F)CN(C(=O)C(C)(C)C)C1. The molecule has 0 aliphatic carbocycles. The number of piperidine rings is 1. The Labute approximate surface area is 121 Å². The van der Waals surface area contributed by atoms with E-state index in [1.807, 2.05) is 25.7 Å². The molecule has 0 aromatic carbocycles.